The molecule has 0 saturated carbocycles. The van der Waals surface area contributed by atoms with Crippen molar-refractivity contribution in [2.45, 2.75) is 18.9 Å². The molecule has 1 saturated heterocycles. The minimum atomic E-state index is -2.15. The van der Waals surface area contributed by atoms with Gasteiger partial charge >= 0.3 is 11.4 Å². The van der Waals surface area contributed by atoms with Crippen molar-refractivity contribution in [2.75, 3.05) is 19.8 Å². The third-order valence-corrected chi connectivity index (χ3v) is 2.19. The van der Waals surface area contributed by atoms with Gasteiger partial charge in [-0.1, -0.05) is 0 Å². The molecule has 1 heterocycles. The van der Waals surface area contributed by atoms with Crippen molar-refractivity contribution in [3.8, 4) is 0 Å². The van der Waals surface area contributed by atoms with Gasteiger partial charge in [-0.15, -0.1) is 0 Å². The molecule has 5 nitrogen and oxygen atoms in total. The fourth-order valence-electron chi connectivity index (χ4n) is 1.23. The lowest BCUT2D eigenvalue weighted by Gasteiger charge is -2.22. The van der Waals surface area contributed by atoms with Gasteiger partial charge in [-0.3, -0.25) is 14.1 Å². The van der Waals surface area contributed by atoms with Crippen molar-refractivity contribution in [3.05, 3.63) is 0 Å². The van der Waals surface area contributed by atoms with E-state index in [9.17, 15) is 4.21 Å². The lowest BCUT2D eigenvalue weighted by molar-refractivity contribution is 0.243. The molecule has 1 aliphatic heterocycles. The Hall–Kier alpha value is -0.0100. The highest BCUT2D eigenvalue weighted by molar-refractivity contribution is 7.74. The van der Waals surface area contributed by atoms with Crippen LogP contribution < -0.4 is 10.6 Å². The highest BCUT2D eigenvalue weighted by atomic mass is 32.2. The molecule has 0 spiro atoms. The molecule has 1 aliphatic rings. The van der Waals surface area contributed by atoms with Crippen LogP contribution in [0.4, 0.5) is 0 Å². The molecule has 1 rings (SSSR count). The van der Waals surface area contributed by atoms with E-state index in [1.807, 2.05) is 0 Å². The van der Waals surface area contributed by atoms with Crippen LogP contribution in [0.15, 0.2) is 0 Å². The van der Waals surface area contributed by atoms with E-state index >= 15 is 0 Å². The molecule has 12 heavy (non-hydrogen) atoms. The quantitative estimate of drug-likeness (QED) is 0.413. The van der Waals surface area contributed by atoms with E-state index in [0.29, 0.717) is 6.04 Å². The monoisotopic (exact) mass is 194 g/mol. The maximum Gasteiger partial charge on any atom is 0.303 e. The Balaban J connectivity index is 2.01. The van der Waals surface area contributed by atoms with Gasteiger partial charge in [0.2, 0.25) is 0 Å². The Bertz CT molecular complexity index is 150. The molecule has 0 aromatic rings. The van der Waals surface area contributed by atoms with Gasteiger partial charge in [0.1, 0.15) is 6.73 Å². The zero-order valence-electron chi connectivity index (χ0n) is 6.78. The lowest BCUT2D eigenvalue weighted by Crippen LogP contribution is -2.40. The summed E-state index contributed by atoms with van der Waals surface area (Å²) < 4.78 is 22.8. The zero-order chi connectivity index (χ0) is 8.81. The van der Waals surface area contributed by atoms with Crippen molar-refractivity contribution in [1.82, 2.24) is 10.6 Å². The summed E-state index contributed by atoms with van der Waals surface area (Å²) in [6.07, 6.45) is 2.09. The van der Waals surface area contributed by atoms with Crippen LogP contribution in [0.2, 0.25) is 0 Å². The van der Waals surface area contributed by atoms with Crippen LogP contribution in [0.3, 0.4) is 0 Å². The largest absolute Gasteiger partial charge is 0.317 e. The number of rotatable bonds is 4. The average Bonchev–Trinajstić information content (AvgIpc) is 2.05. The molecule has 0 amide bonds. The van der Waals surface area contributed by atoms with Crippen molar-refractivity contribution < 1.29 is 12.9 Å². The Morgan fingerprint density at radius 1 is 1.58 bits per heavy atom. The van der Waals surface area contributed by atoms with Crippen LogP contribution >= 0.6 is 0 Å². The highest BCUT2D eigenvalue weighted by Crippen LogP contribution is 2.00. The summed E-state index contributed by atoms with van der Waals surface area (Å²) in [5.41, 5.74) is 0. The maximum atomic E-state index is 10.1. The van der Waals surface area contributed by atoms with E-state index in [0.717, 1.165) is 25.9 Å². The van der Waals surface area contributed by atoms with Gasteiger partial charge < -0.3 is 5.32 Å². The Morgan fingerprint density at radius 3 is 2.83 bits per heavy atom. The molecule has 0 aliphatic carbocycles. The third-order valence-electron chi connectivity index (χ3n) is 1.87. The van der Waals surface area contributed by atoms with Crippen LogP contribution in [-0.2, 0) is 15.5 Å². The van der Waals surface area contributed by atoms with E-state index in [-0.39, 0.29) is 6.73 Å². The smallest absolute Gasteiger partial charge is 0.303 e. The first-order valence-corrected chi connectivity index (χ1v) is 5.00. The van der Waals surface area contributed by atoms with Crippen LogP contribution in [0.25, 0.3) is 0 Å². The van der Waals surface area contributed by atoms with Gasteiger partial charge in [-0.05, 0) is 25.9 Å². The number of piperidine rings is 1. The fourth-order valence-corrected chi connectivity index (χ4v) is 1.40. The first-order valence-electron chi connectivity index (χ1n) is 3.97. The summed E-state index contributed by atoms with van der Waals surface area (Å²) in [6.45, 7) is 2.15. The predicted molar refractivity (Wildman–Crippen MR) is 45.8 cm³/mol. The molecule has 3 N–H and O–H groups in total. The Labute approximate surface area is 74.4 Å². The van der Waals surface area contributed by atoms with Crippen molar-refractivity contribution >= 4 is 11.4 Å². The Morgan fingerprint density at radius 2 is 2.25 bits per heavy atom. The van der Waals surface area contributed by atoms with Gasteiger partial charge in [0.05, 0.1) is 0 Å². The van der Waals surface area contributed by atoms with E-state index < -0.39 is 11.4 Å². The lowest BCUT2D eigenvalue weighted by atomic mass is 10.1. The molecule has 1 fully saturated rings. The second kappa shape index (κ2) is 5.60. The summed E-state index contributed by atoms with van der Waals surface area (Å²) in [5, 5.41) is 6.26. The second-order valence-electron chi connectivity index (χ2n) is 2.71. The molecule has 1 atom stereocenters. The molecular weight excluding hydrogens is 180 g/mol. The molecule has 72 valence electrons. The zero-order valence-corrected chi connectivity index (χ0v) is 7.60. The molecule has 6 heteroatoms. The summed E-state index contributed by atoms with van der Waals surface area (Å²) >= 11 is -2.15. The SMILES string of the molecule is O=S(O)OCNC1CCNCC1. The molecule has 0 aromatic heterocycles. The van der Waals surface area contributed by atoms with Crippen LogP contribution in [0.1, 0.15) is 12.8 Å². The van der Waals surface area contributed by atoms with Gasteiger partial charge in [0.15, 0.2) is 0 Å². The second-order valence-corrected chi connectivity index (χ2v) is 3.38. The molecule has 0 aromatic carbocycles. The highest BCUT2D eigenvalue weighted by Gasteiger charge is 2.11. The van der Waals surface area contributed by atoms with Crippen molar-refractivity contribution in [3.63, 3.8) is 0 Å². The normalized spacial score (nSPS) is 22.4. The van der Waals surface area contributed by atoms with Gasteiger partial charge in [-0.25, -0.2) is 0 Å². The molecular formula is C6H14N2O3S. The van der Waals surface area contributed by atoms with Crippen molar-refractivity contribution in [1.29, 1.82) is 0 Å². The number of nitrogens with one attached hydrogen (secondary N) is 2. The predicted octanol–water partition coefficient (Wildman–Crippen LogP) is -0.561. The van der Waals surface area contributed by atoms with Crippen LogP contribution in [0.5, 0.6) is 0 Å². The molecule has 1 unspecified atom stereocenters. The van der Waals surface area contributed by atoms with Gasteiger partial charge in [0.25, 0.3) is 0 Å². The Kier molecular flexibility index (Phi) is 4.70. The number of hydrogen-bond donors (Lipinski definition) is 3. The average molecular weight is 194 g/mol. The minimum Gasteiger partial charge on any atom is -0.317 e. The van der Waals surface area contributed by atoms with E-state index in [2.05, 4.69) is 14.8 Å². The first kappa shape index (κ1) is 10.1. The van der Waals surface area contributed by atoms with Crippen LogP contribution in [0, 0.1) is 0 Å². The van der Waals surface area contributed by atoms with E-state index in [1.54, 1.807) is 0 Å². The summed E-state index contributed by atoms with van der Waals surface area (Å²) in [6, 6.07) is 0.412. The summed E-state index contributed by atoms with van der Waals surface area (Å²) in [5.74, 6) is 0. The topological polar surface area (TPSA) is 70.6 Å². The first-order chi connectivity index (χ1) is 5.79. The molecule has 0 bridgehead atoms. The van der Waals surface area contributed by atoms with Crippen LogP contribution in [-0.4, -0.2) is 34.6 Å². The standard InChI is InChI=1S/C6H14N2O3S/c9-12(10)11-5-8-6-1-3-7-4-2-6/h6-8H,1-5H2,(H,9,10). The van der Waals surface area contributed by atoms with Gasteiger partial charge in [-0.2, -0.15) is 4.21 Å². The fraction of sp³-hybridized carbons (Fsp3) is 1.00. The minimum absolute atomic E-state index is 0.147. The maximum absolute atomic E-state index is 10.1. The number of hydrogen-bond acceptors (Lipinski definition) is 4. The molecule has 0 radical (unpaired) electrons. The van der Waals surface area contributed by atoms with Gasteiger partial charge in [0, 0.05) is 6.04 Å². The van der Waals surface area contributed by atoms with E-state index in [1.165, 1.54) is 0 Å². The summed E-state index contributed by atoms with van der Waals surface area (Å²) in [7, 11) is 0. The van der Waals surface area contributed by atoms with Crippen molar-refractivity contribution in [2.24, 2.45) is 0 Å². The summed E-state index contributed by atoms with van der Waals surface area (Å²) in [4.78, 5) is 0. The van der Waals surface area contributed by atoms with E-state index in [4.69, 9.17) is 4.55 Å². The third kappa shape index (κ3) is 4.13.